The van der Waals surface area contributed by atoms with Crippen LogP contribution < -0.4 is 4.74 Å². The molecule has 0 aliphatic heterocycles. The average Bonchev–Trinajstić information content (AvgIpc) is 3.17. The van der Waals surface area contributed by atoms with Crippen molar-refractivity contribution >= 4 is 19.1 Å². The topological polar surface area (TPSA) is 56.5 Å². The minimum absolute atomic E-state index is 0.236. The van der Waals surface area contributed by atoms with Crippen LogP contribution in [0.2, 0.25) is 25.7 Å². The van der Waals surface area contributed by atoms with E-state index in [0.29, 0.717) is 0 Å². The Balaban J connectivity index is 1.71. The van der Waals surface area contributed by atoms with Gasteiger partial charge in [-0.1, -0.05) is 44.8 Å². The van der Waals surface area contributed by atoms with Crippen LogP contribution in [0.15, 0.2) is 66.7 Å². The number of aryl methyl sites for hydroxylation is 1. The van der Waals surface area contributed by atoms with Crippen molar-refractivity contribution in [2.75, 3.05) is 13.4 Å². The first-order valence-corrected chi connectivity index (χ1v) is 15.2. The lowest BCUT2D eigenvalue weighted by Crippen LogP contribution is -2.22. The van der Waals surface area contributed by atoms with Gasteiger partial charge >= 0.3 is 0 Å². The first-order valence-electron chi connectivity index (χ1n) is 11.5. The zero-order valence-electron chi connectivity index (χ0n) is 19.8. The number of phenols is 1. The van der Waals surface area contributed by atoms with Crippen molar-refractivity contribution in [3.8, 4) is 28.6 Å². The number of aromatic nitrogens is 2. The Hall–Kier alpha value is -3.09. The van der Waals surface area contributed by atoms with Crippen molar-refractivity contribution in [1.29, 1.82) is 0 Å². The summed E-state index contributed by atoms with van der Waals surface area (Å²) >= 11 is 0. The van der Waals surface area contributed by atoms with E-state index in [1.807, 2.05) is 36.4 Å². The Bertz CT molecular complexity index is 1230. The minimum Gasteiger partial charge on any atom is -0.508 e. The van der Waals surface area contributed by atoms with Crippen LogP contribution in [0.5, 0.6) is 11.5 Å². The van der Waals surface area contributed by atoms with Crippen LogP contribution in [0.4, 0.5) is 0 Å². The van der Waals surface area contributed by atoms with Gasteiger partial charge in [0.25, 0.3) is 0 Å². The van der Waals surface area contributed by atoms with Gasteiger partial charge in [-0.15, -0.1) is 0 Å². The van der Waals surface area contributed by atoms with Crippen molar-refractivity contribution in [1.82, 2.24) is 9.55 Å². The maximum absolute atomic E-state index is 9.76. The van der Waals surface area contributed by atoms with E-state index in [4.69, 9.17) is 14.5 Å². The van der Waals surface area contributed by atoms with Crippen molar-refractivity contribution < 1.29 is 14.6 Å². The van der Waals surface area contributed by atoms with Crippen LogP contribution >= 0.6 is 0 Å². The molecule has 4 rings (SSSR count). The number of imidazole rings is 1. The lowest BCUT2D eigenvalue weighted by Gasteiger charge is -2.16. The van der Waals surface area contributed by atoms with E-state index in [2.05, 4.69) is 49.3 Å². The molecule has 0 aliphatic carbocycles. The number of fused-ring (bicyclic) bond motifs is 1. The monoisotopic (exact) mass is 460 g/mol. The highest BCUT2D eigenvalue weighted by molar-refractivity contribution is 6.76. The molecular formula is C27H32N2O3Si. The molecule has 5 nitrogen and oxygen atoms in total. The number of hydrogen-bond donors (Lipinski definition) is 1. The summed E-state index contributed by atoms with van der Waals surface area (Å²) in [5.74, 6) is 1.82. The van der Waals surface area contributed by atoms with Gasteiger partial charge in [0.2, 0.25) is 0 Å². The molecule has 6 heteroatoms. The number of aromatic hydroxyl groups is 1. The summed E-state index contributed by atoms with van der Waals surface area (Å²) in [7, 11) is -1.12. The van der Waals surface area contributed by atoms with Crippen molar-refractivity contribution in [2.45, 2.75) is 39.0 Å². The molecule has 172 valence electrons. The zero-order chi connectivity index (χ0) is 23.4. The molecule has 3 aromatic carbocycles. The van der Waals surface area contributed by atoms with Gasteiger partial charge in [-0.05, 0) is 60.5 Å². The standard InChI is InChI=1S/C27H32N2O3Si/c1-5-20-8-6-7-9-25(20)29-26-18-23(32-19-31-16-17-33(2,3)4)14-15-24(26)28-27(29)21-10-12-22(30)13-11-21/h6-15,18,30H,5,16-17,19H2,1-4H3. The molecule has 1 heterocycles. The van der Waals surface area contributed by atoms with Crippen LogP contribution in [-0.4, -0.2) is 36.1 Å². The van der Waals surface area contributed by atoms with Crippen molar-refractivity contribution in [3.63, 3.8) is 0 Å². The summed E-state index contributed by atoms with van der Waals surface area (Å²) in [5, 5.41) is 9.76. The second-order valence-electron chi connectivity index (χ2n) is 9.43. The van der Waals surface area contributed by atoms with Crippen LogP contribution in [0, 0.1) is 0 Å². The zero-order valence-corrected chi connectivity index (χ0v) is 20.8. The molecule has 0 amide bonds. The summed E-state index contributed by atoms with van der Waals surface area (Å²) in [6.07, 6.45) is 0.909. The van der Waals surface area contributed by atoms with E-state index in [1.165, 1.54) is 5.56 Å². The Morgan fingerprint density at radius 3 is 2.45 bits per heavy atom. The molecule has 0 bridgehead atoms. The first-order chi connectivity index (χ1) is 15.9. The summed E-state index contributed by atoms with van der Waals surface area (Å²) in [6.45, 7) is 10.1. The summed E-state index contributed by atoms with van der Waals surface area (Å²) < 4.78 is 13.8. The quantitative estimate of drug-likeness (QED) is 0.173. The third kappa shape index (κ3) is 5.46. The van der Waals surface area contributed by atoms with Crippen molar-refractivity contribution in [2.24, 2.45) is 0 Å². The fourth-order valence-corrected chi connectivity index (χ4v) is 4.52. The fourth-order valence-electron chi connectivity index (χ4n) is 3.77. The number of nitrogens with zero attached hydrogens (tertiary/aromatic N) is 2. The van der Waals surface area contributed by atoms with Crippen LogP contribution in [-0.2, 0) is 11.2 Å². The van der Waals surface area contributed by atoms with E-state index in [-0.39, 0.29) is 12.5 Å². The molecule has 0 saturated heterocycles. The average molecular weight is 461 g/mol. The SMILES string of the molecule is CCc1ccccc1-n1c(-c2ccc(O)cc2)nc2ccc(OCOCC[Si](C)(C)C)cc21. The smallest absolute Gasteiger partial charge is 0.189 e. The largest absolute Gasteiger partial charge is 0.508 e. The van der Waals surface area contributed by atoms with Gasteiger partial charge in [0, 0.05) is 26.3 Å². The number of hydrogen-bond acceptors (Lipinski definition) is 4. The molecule has 0 radical (unpaired) electrons. The second-order valence-corrected chi connectivity index (χ2v) is 15.1. The van der Waals surface area contributed by atoms with E-state index in [1.54, 1.807) is 12.1 Å². The summed E-state index contributed by atoms with van der Waals surface area (Å²) in [4.78, 5) is 4.94. The van der Waals surface area contributed by atoms with Gasteiger partial charge in [0.15, 0.2) is 6.79 Å². The molecule has 0 atom stereocenters. The lowest BCUT2D eigenvalue weighted by atomic mass is 10.1. The molecule has 0 unspecified atom stereocenters. The third-order valence-electron chi connectivity index (χ3n) is 5.67. The highest BCUT2D eigenvalue weighted by Gasteiger charge is 2.17. The molecule has 0 aliphatic rings. The number of benzene rings is 3. The molecule has 33 heavy (non-hydrogen) atoms. The Morgan fingerprint density at radius 2 is 1.73 bits per heavy atom. The summed E-state index contributed by atoms with van der Waals surface area (Å²) in [5.41, 5.74) is 5.12. The molecule has 1 aromatic heterocycles. The maximum atomic E-state index is 9.76. The number of rotatable bonds is 9. The molecule has 4 aromatic rings. The number of phenolic OH excluding ortho intramolecular Hbond substituents is 1. The maximum Gasteiger partial charge on any atom is 0.189 e. The van der Waals surface area contributed by atoms with Gasteiger partial charge < -0.3 is 14.6 Å². The molecule has 0 saturated carbocycles. The predicted molar refractivity (Wildman–Crippen MR) is 137 cm³/mol. The number of ether oxygens (including phenoxy) is 2. The van der Waals surface area contributed by atoms with E-state index in [9.17, 15) is 5.11 Å². The Kier molecular flexibility index (Phi) is 6.86. The van der Waals surface area contributed by atoms with Gasteiger partial charge in [0.1, 0.15) is 17.3 Å². The first kappa shape index (κ1) is 23.1. The Morgan fingerprint density at radius 1 is 0.970 bits per heavy atom. The minimum atomic E-state index is -1.12. The predicted octanol–water partition coefficient (Wildman–Crippen LogP) is 6.65. The molecule has 0 fully saturated rings. The lowest BCUT2D eigenvalue weighted by molar-refractivity contribution is 0.0221. The normalized spacial score (nSPS) is 11.8. The van der Waals surface area contributed by atoms with Gasteiger partial charge in [-0.25, -0.2) is 4.98 Å². The highest BCUT2D eigenvalue weighted by atomic mass is 28.3. The molecular weight excluding hydrogens is 428 g/mol. The molecule has 0 spiro atoms. The molecule has 1 N–H and O–H groups in total. The van der Waals surface area contributed by atoms with Crippen molar-refractivity contribution in [3.05, 3.63) is 72.3 Å². The number of para-hydroxylation sites is 1. The van der Waals surface area contributed by atoms with Crippen LogP contribution in [0.3, 0.4) is 0 Å². The fraction of sp³-hybridized carbons (Fsp3) is 0.296. The van der Waals surface area contributed by atoms with Gasteiger partial charge in [0.05, 0.1) is 16.7 Å². The van der Waals surface area contributed by atoms with Gasteiger partial charge in [-0.2, -0.15) is 0 Å². The van der Waals surface area contributed by atoms with Gasteiger partial charge in [-0.3, -0.25) is 4.57 Å². The highest BCUT2D eigenvalue weighted by Crippen LogP contribution is 2.33. The van der Waals surface area contributed by atoms with E-state index < -0.39 is 8.07 Å². The van der Waals surface area contributed by atoms with E-state index in [0.717, 1.165) is 52.9 Å². The van der Waals surface area contributed by atoms with E-state index >= 15 is 0 Å². The Labute approximate surface area is 196 Å². The van der Waals surface area contributed by atoms with Crippen LogP contribution in [0.25, 0.3) is 28.1 Å². The summed E-state index contributed by atoms with van der Waals surface area (Å²) in [6, 6.07) is 22.6. The van der Waals surface area contributed by atoms with Crippen LogP contribution in [0.1, 0.15) is 12.5 Å². The third-order valence-corrected chi connectivity index (χ3v) is 7.37. The second kappa shape index (κ2) is 9.81.